The number of hydrogen-bond donors (Lipinski definition) is 1. The summed E-state index contributed by atoms with van der Waals surface area (Å²) in [5, 5.41) is 0. The summed E-state index contributed by atoms with van der Waals surface area (Å²) in [5.74, 6) is 0. The molecule has 1 aliphatic carbocycles. The van der Waals surface area contributed by atoms with Crippen LogP contribution in [0.2, 0.25) is 0 Å². The SMILES string of the molecule is CCCc1ccc2c(c1C)C=C(S)C2(C)C. The average molecular weight is 232 g/mol. The van der Waals surface area contributed by atoms with E-state index in [1.165, 1.54) is 40.0 Å². The smallest absolute Gasteiger partial charge is 0.0209 e. The Morgan fingerprint density at radius 2 is 1.94 bits per heavy atom. The lowest BCUT2D eigenvalue weighted by Crippen LogP contribution is -2.14. The van der Waals surface area contributed by atoms with Gasteiger partial charge in [-0.3, -0.25) is 0 Å². The predicted molar refractivity (Wildman–Crippen MR) is 75.2 cm³/mol. The number of rotatable bonds is 2. The van der Waals surface area contributed by atoms with Crippen LogP contribution in [-0.4, -0.2) is 0 Å². The molecule has 0 aliphatic heterocycles. The first-order valence-corrected chi connectivity index (χ1v) is 6.47. The van der Waals surface area contributed by atoms with Gasteiger partial charge in [0.1, 0.15) is 0 Å². The van der Waals surface area contributed by atoms with Crippen LogP contribution in [0.5, 0.6) is 0 Å². The fourth-order valence-electron chi connectivity index (χ4n) is 2.50. The molecule has 1 aromatic carbocycles. The molecule has 0 nitrogen and oxygen atoms in total. The fourth-order valence-corrected chi connectivity index (χ4v) is 2.75. The molecule has 1 aliphatic rings. The molecule has 0 radical (unpaired) electrons. The predicted octanol–water partition coefficient (Wildman–Crippen LogP) is 4.51. The highest BCUT2D eigenvalue weighted by Crippen LogP contribution is 2.44. The Hall–Kier alpha value is -0.690. The fraction of sp³-hybridized carbons (Fsp3) is 0.467. The van der Waals surface area contributed by atoms with Crippen LogP contribution in [0.25, 0.3) is 6.08 Å². The van der Waals surface area contributed by atoms with Crippen molar-refractivity contribution in [3.8, 4) is 0 Å². The summed E-state index contributed by atoms with van der Waals surface area (Å²) >= 11 is 4.61. The minimum Gasteiger partial charge on any atom is -0.147 e. The molecule has 2 rings (SSSR count). The van der Waals surface area contributed by atoms with E-state index >= 15 is 0 Å². The van der Waals surface area contributed by atoms with Crippen LogP contribution >= 0.6 is 12.6 Å². The van der Waals surface area contributed by atoms with Crippen molar-refractivity contribution in [3.05, 3.63) is 39.3 Å². The maximum absolute atomic E-state index is 4.61. The van der Waals surface area contributed by atoms with Crippen LogP contribution in [-0.2, 0) is 11.8 Å². The molecule has 0 spiro atoms. The number of allylic oxidation sites excluding steroid dienone is 1. The van der Waals surface area contributed by atoms with Gasteiger partial charge in [0, 0.05) is 5.41 Å². The van der Waals surface area contributed by atoms with Crippen molar-refractivity contribution in [2.75, 3.05) is 0 Å². The molecule has 1 heteroatoms. The van der Waals surface area contributed by atoms with Gasteiger partial charge in [-0.05, 0) is 46.6 Å². The molecule has 1 aromatic rings. The number of aryl methyl sites for hydroxylation is 1. The van der Waals surface area contributed by atoms with Crippen LogP contribution in [0.3, 0.4) is 0 Å². The molecule has 0 bridgehead atoms. The Balaban J connectivity index is 2.57. The molecule has 16 heavy (non-hydrogen) atoms. The molecule has 0 saturated carbocycles. The van der Waals surface area contributed by atoms with Gasteiger partial charge in [0.15, 0.2) is 0 Å². The first-order chi connectivity index (χ1) is 7.48. The quantitative estimate of drug-likeness (QED) is 0.713. The van der Waals surface area contributed by atoms with Crippen molar-refractivity contribution >= 4 is 18.7 Å². The van der Waals surface area contributed by atoms with Crippen molar-refractivity contribution in [1.29, 1.82) is 0 Å². The monoisotopic (exact) mass is 232 g/mol. The van der Waals surface area contributed by atoms with Gasteiger partial charge in [0.05, 0.1) is 0 Å². The highest BCUT2D eigenvalue weighted by molar-refractivity contribution is 7.84. The van der Waals surface area contributed by atoms with Crippen LogP contribution in [0.1, 0.15) is 49.4 Å². The zero-order chi connectivity index (χ0) is 11.9. The van der Waals surface area contributed by atoms with E-state index in [9.17, 15) is 0 Å². The minimum atomic E-state index is 0.0912. The normalized spacial score (nSPS) is 17.2. The Bertz CT molecular complexity index is 453. The second-order valence-electron chi connectivity index (χ2n) is 5.22. The third-order valence-electron chi connectivity index (χ3n) is 3.74. The van der Waals surface area contributed by atoms with Gasteiger partial charge in [-0.1, -0.05) is 39.3 Å². The summed E-state index contributed by atoms with van der Waals surface area (Å²) in [6.07, 6.45) is 4.63. The van der Waals surface area contributed by atoms with Crippen LogP contribution < -0.4 is 0 Å². The van der Waals surface area contributed by atoms with Crippen molar-refractivity contribution < 1.29 is 0 Å². The molecule has 0 atom stereocenters. The Morgan fingerprint density at radius 1 is 1.25 bits per heavy atom. The maximum atomic E-state index is 4.61. The lowest BCUT2D eigenvalue weighted by Gasteiger charge is -2.22. The molecular weight excluding hydrogens is 212 g/mol. The second-order valence-corrected chi connectivity index (χ2v) is 5.70. The first kappa shape index (κ1) is 11.8. The maximum Gasteiger partial charge on any atom is 0.0209 e. The van der Waals surface area contributed by atoms with Crippen LogP contribution in [0.4, 0.5) is 0 Å². The lowest BCUT2D eigenvalue weighted by atomic mass is 9.84. The summed E-state index contributed by atoms with van der Waals surface area (Å²) in [5.41, 5.74) is 5.84. The zero-order valence-electron chi connectivity index (χ0n) is 10.6. The third-order valence-corrected chi connectivity index (χ3v) is 4.43. The van der Waals surface area contributed by atoms with Crippen LogP contribution in [0, 0.1) is 6.92 Å². The van der Waals surface area contributed by atoms with E-state index in [0.29, 0.717) is 0 Å². The number of hydrogen-bond acceptors (Lipinski definition) is 1. The molecular formula is C15H20S. The summed E-state index contributed by atoms with van der Waals surface area (Å²) in [6.45, 7) is 8.96. The molecule has 0 unspecified atom stereocenters. The molecule has 0 fully saturated rings. The molecule has 0 heterocycles. The van der Waals surface area contributed by atoms with E-state index in [4.69, 9.17) is 0 Å². The van der Waals surface area contributed by atoms with E-state index in [-0.39, 0.29) is 5.41 Å². The Labute approximate surface area is 104 Å². The zero-order valence-corrected chi connectivity index (χ0v) is 11.5. The Kier molecular flexibility index (Phi) is 2.91. The van der Waals surface area contributed by atoms with Gasteiger partial charge in [0.2, 0.25) is 0 Å². The van der Waals surface area contributed by atoms with Gasteiger partial charge in [-0.15, -0.1) is 12.6 Å². The van der Waals surface area contributed by atoms with Crippen molar-refractivity contribution in [2.24, 2.45) is 0 Å². The van der Waals surface area contributed by atoms with E-state index in [2.05, 4.69) is 58.5 Å². The molecule has 0 aromatic heterocycles. The molecule has 0 saturated heterocycles. The van der Waals surface area contributed by atoms with Crippen molar-refractivity contribution in [2.45, 2.75) is 46.0 Å². The third kappa shape index (κ3) is 1.62. The summed E-state index contributed by atoms with van der Waals surface area (Å²) in [6, 6.07) is 4.58. The second kappa shape index (κ2) is 3.96. The summed E-state index contributed by atoms with van der Waals surface area (Å²) < 4.78 is 0. The highest BCUT2D eigenvalue weighted by Gasteiger charge is 2.31. The van der Waals surface area contributed by atoms with Crippen molar-refractivity contribution in [3.63, 3.8) is 0 Å². The largest absolute Gasteiger partial charge is 0.147 e. The lowest BCUT2D eigenvalue weighted by molar-refractivity contribution is 0.672. The van der Waals surface area contributed by atoms with Crippen molar-refractivity contribution in [1.82, 2.24) is 0 Å². The van der Waals surface area contributed by atoms with E-state index < -0.39 is 0 Å². The van der Waals surface area contributed by atoms with Gasteiger partial charge in [0.25, 0.3) is 0 Å². The van der Waals surface area contributed by atoms with Gasteiger partial charge in [-0.2, -0.15) is 0 Å². The van der Waals surface area contributed by atoms with Gasteiger partial charge < -0.3 is 0 Å². The molecule has 86 valence electrons. The number of fused-ring (bicyclic) bond motifs is 1. The van der Waals surface area contributed by atoms with E-state index in [0.717, 1.165) is 0 Å². The average Bonchev–Trinajstić information content (AvgIpc) is 2.45. The summed E-state index contributed by atoms with van der Waals surface area (Å²) in [7, 11) is 0. The molecule has 0 amide bonds. The molecule has 0 N–H and O–H groups in total. The number of benzene rings is 1. The van der Waals surface area contributed by atoms with Gasteiger partial charge >= 0.3 is 0 Å². The highest BCUT2D eigenvalue weighted by atomic mass is 32.1. The Morgan fingerprint density at radius 3 is 2.56 bits per heavy atom. The summed E-state index contributed by atoms with van der Waals surface area (Å²) in [4.78, 5) is 1.18. The van der Waals surface area contributed by atoms with E-state index in [1.54, 1.807) is 0 Å². The minimum absolute atomic E-state index is 0.0912. The van der Waals surface area contributed by atoms with Gasteiger partial charge in [-0.25, -0.2) is 0 Å². The number of thiol groups is 1. The van der Waals surface area contributed by atoms with E-state index in [1.807, 2.05) is 0 Å². The van der Waals surface area contributed by atoms with Crippen LogP contribution in [0.15, 0.2) is 17.0 Å². The standard InChI is InChI=1S/C15H20S/c1-5-6-11-7-8-13-12(10(11)2)9-14(16)15(13,3)4/h7-9,16H,5-6H2,1-4H3. The first-order valence-electron chi connectivity index (χ1n) is 6.02. The topological polar surface area (TPSA) is 0 Å².